The van der Waals surface area contributed by atoms with Gasteiger partial charge >= 0.3 is 0 Å². The van der Waals surface area contributed by atoms with Gasteiger partial charge in [0.25, 0.3) is 0 Å². The van der Waals surface area contributed by atoms with Crippen LogP contribution in [0.1, 0.15) is 17.0 Å². The fourth-order valence-corrected chi connectivity index (χ4v) is 2.01. The Kier molecular flexibility index (Phi) is 2.97. The minimum atomic E-state index is 0.531. The van der Waals surface area contributed by atoms with Crippen molar-refractivity contribution < 1.29 is 4.52 Å². The van der Waals surface area contributed by atoms with Crippen LogP contribution in [0, 0.1) is 13.8 Å². The maximum Gasteiger partial charge on any atom is 0.226 e. The van der Waals surface area contributed by atoms with Gasteiger partial charge in [-0.1, -0.05) is 5.16 Å². The Balaban J connectivity index is 1.92. The molecule has 0 atom stereocenters. The second-order valence-corrected chi connectivity index (χ2v) is 4.43. The van der Waals surface area contributed by atoms with E-state index in [0.29, 0.717) is 24.0 Å². The highest BCUT2D eigenvalue weighted by Gasteiger charge is 2.12. The van der Waals surface area contributed by atoms with E-state index in [1.165, 1.54) is 0 Å². The summed E-state index contributed by atoms with van der Waals surface area (Å²) in [5.74, 6) is 2.05. The molecule has 0 radical (unpaired) electrons. The van der Waals surface area contributed by atoms with Gasteiger partial charge in [0.1, 0.15) is 11.6 Å². The van der Waals surface area contributed by atoms with Gasteiger partial charge in [-0.05, 0) is 13.8 Å². The molecule has 0 unspecified atom stereocenters. The first kappa shape index (κ1) is 12.4. The summed E-state index contributed by atoms with van der Waals surface area (Å²) in [7, 11) is 1.77. The molecule has 3 heterocycles. The van der Waals surface area contributed by atoms with Gasteiger partial charge in [0, 0.05) is 19.2 Å². The Hall–Kier alpha value is -2.64. The molecular weight excluding hydrogens is 258 g/mol. The molecule has 3 N–H and O–H groups in total. The van der Waals surface area contributed by atoms with Crippen LogP contribution in [0.15, 0.2) is 10.7 Å². The van der Waals surface area contributed by atoms with Crippen LogP contribution in [0.25, 0.3) is 11.0 Å². The molecule has 0 aliphatic carbocycles. The number of hydrogen-bond acceptors (Lipinski definition) is 7. The van der Waals surface area contributed by atoms with Crippen LogP contribution in [-0.4, -0.2) is 32.4 Å². The number of hydrogen-bond donors (Lipinski definition) is 3. The number of nitrogens with zero attached hydrogens (tertiary/aromatic N) is 4. The molecule has 0 fully saturated rings. The summed E-state index contributed by atoms with van der Waals surface area (Å²) in [6.45, 7) is 4.39. The minimum absolute atomic E-state index is 0.531. The van der Waals surface area contributed by atoms with Gasteiger partial charge in [-0.25, -0.2) is 0 Å². The van der Waals surface area contributed by atoms with Gasteiger partial charge in [0.2, 0.25) is 5.95 Å². The summed E-state index contributed by atoms with van der Waals surface area (Å²) in [5, 5.41) is 17.8. The highest BCUT2D eigenvalue weighted by Crippen LogP contribution is 2.21. The smallest absolute Gasteiger partial charge is 0.226 e. The SMILES string of the molecule is CNc1nc(NCc2c(C)noc2C)c2cn[nH]c2n1. The fourth-order valence-electron chi connectivity index (χ4n) is 2.01. The average Bonchev–Trinajstić information content (AvgIpc) is 3.04. The van der Waals surface area contributed by atoms with Gasteiger partial charge < -0.3 is 15.2 Å². The first-order valence-corrected chi connectivity index (χ1v) is 6.23. The molecule has 0 saturated carbocycles. The van der Waals surface area contributed by atoms with E-state index < -0.39 is 0 Å². The second-order valence-electron chi connectivity index (χ2n) is 4.43. The van der Waals surface area contributed by atoms with Gasteiger partial charge in [-0.15, -0.1) is 0 Å². The Labute approximate surface area is 115 Å². The van der Waals surface area contributed by atoms with E-state index in [2.05, 4.69) is 36.0 Å². The van der Waals surface area contributed by atoms with Crippen molar-refractivity contribution in [3.8, 4) is 0 Å². The van der Waals surface area contributed by atoms with Crippen molar-refractivity contribution in [2.75, 3.05) is 17.7 Å². The summed E-state index contributed by atoms with van der Waals surface area (Å²) < 4.78 is 5.15. The molecule has 0 spiro atoms. The zero-order valence-corrected chi connectivity index (χ0v) is 11.5. The maximum absolute atomic E-state index is 5.15. The number of aryl methyl sites for hydroxylation is 2. The molecule has 0 aliphatic heterocycles. The zero-order valence-electron chi connectivity index (χ0n) is 11.5. The average molecular weight is 273 g/mol. The summed E-state index contributed by atoms with van der Waals surface area (Å²) in [5.41, 5.74) is 2.60. The van der Waals surface area contributed by atoms with Gasteiger partial charge in [0.05, 0.1) is 17.3 Å². The molecule has 0 amide bonds. The number of aromatic nitrogens is 5. The van der Waals surface area contributed by atoms with Crippen LogP contribution < -0.4 is 10.6 Å². The lowest BCUT2D eigenvalue weighted by Crippen LogP contribution is -2.06. The predicted molar refractivity (Wildman–Crippen MR) is 74.5 cm³/mol. The van der Waals surface area contributed by atoms with Crippen LogP contribution >= 0.6 is 0 Å². The molecule has 0 saturated heterocycles. The van der Waals surface area contributed by atoms with Crippen molar-refractivity contribution in [1.29, 1.82) is 0 Å². The lowest BCUT2D eigenvalue weighted by Gasteiger charge is -2.07. The van der Waals surface area contributed by atoms with E-state index >= 15 is 0 Å². The van der Waals surface area contributed by atoms with Crippen molar-refractivity contribution in [2.45, 2.75) is 20.4 Å². The quantitative estimate of drug-likeness (QED) is 0.663. The highest BCUT2D eigenvalue weighted by molar-refractivity contribution is 5.86. The van der Waals surface area contributed by atoms with E-state index in [1.807, 2.05) is 13.8 Å². The second kappa shape index (κ2) is 4.80. The Morgan fingerprint density at radius 2 is 2.15 bits per heavy atom. The molecule has 3 aromatic heterocycles. The summed E-state index contributed by atoms with van der Waals surface area (Å²) in [4.78, 5) is 8.69. The third-order valence-corrected chi connectivity index (χ3v) is 3.15. The molecule has 104 valence electrons. The van der Waals surface area contributed by atoms with E-state index in [1.54, 1.807) is 13.2 Å². The first-order chi connectivity index (χ1) is 9.69. The van der Waals surface area contributed by atoms with Crippen molar-refractivity contribution in [3.63, 3.8) is 0 Å². The van der Waals surface area contributed by atoms with Gasteiger partial charge in [-0.3, -0.25) is 5.10 Å². The number of fused-ring (bicyclic) bond motifs is 1. The van der Waals surface area contributed by atoms with Crippen LogP contribution in [0.3, 0.4) is 0 Å². The van der Waals surface area contributed by atoms with Crippen molar-refractivity contribution in [1.82, 2.24) is 25.3 Å². The Morgan fingerprint density at radius 1 is 1.30 bits per heavy atom. The topological polar surface area (TPSA) is 105 Å². The van der Waals surface area contributed by atoms with E-state index in [9.17, 15) is 0 Å². The largest absolute Gasteiger partial charge is 0.365 e. The number of aromatic amines is 1. The predicted octanol–water partition coefficient (Wildman–Crippen LogP) is 1.61. The monoisotopic (exact) mass is 273 g/mol. The van der Waals surface area contributed by atoms with E-state index in [4.69, 9.17) is 4.52 Å². The minimum Gasteiger partial charge on any atom is -0.365 e. The third kappa shape index (κ3) is 2.04. The molecule has 3 aromatic rings. The van der Waals surface area contributed by atoms with E-state index in [0.717, 1.165) is 22.4 Å². The molecular formula is C12H15N7O. The Morgan fingerprint density at radius 3 is 2.85 bits per heavy atom. The molecule has 0 aromatic carbocycles. The fraction of sp³-hybridized carbons (Fsp3) is 0.333. The molecule has 20 heavy (non-hydrogen) atoms. The standard InChI is InChI=1S/C12H15N7O/c1-6-8(7(2)20-19-6)4-14-10-9-5-15-18-11(9)17-12(13-3)16-10/h5H,4H2,1-3H3,(H3,13,14,15,16,17,18). The maximum atomic E-state index is 5.15. The summed E-state index contributed by atoms with van der Waals surface area (Å²) in [6, 6.07) is 0. The van der Waals surface area contributed by atoms with Crippen molar-refractivity contribution in [2.24, 2.45) is 0 Å². The number of H-pyrrole nitrogens is 1. The molecule has 0 bridgehead atoms. The normalized spacial score (nSPS) is 10.9. The zero-order chi connectivity index (χ0) is 14.1. The number of anilines is 2. The summed E-state index contributed by atoms with van der Waals surface area (Å²) >= 11 is 0. The first-order valence-electron chi connectivity index (χ1n) is 6.23. The lowest BCUT2D eigenvalue weighted by atomic mass is 10.2. The van der Waals surface area contributed by atoms with Crippen molar-refractivity contribution >= 4 is 22.8 Å². The van der Waals surface area contributed by atoms with Gasteiger partial charge in [-0.2, -0.15) is 15.1 Å². The van der Waals surface area contributed by atoms with Crippen molar-refractivity contribution in [3.05, 3.63) is 23.2 Å². The van der Waals surface area contributed by atoms with Crippen LogP contribution in [0.2, 0.25) is 0 Å². The van der Waals surface area contributed by atoms with Gasteiger partial charge in [0.15, 0.2) is 5.65 Å². The van der Waals surface area contributed by atoms with Crippen LogP contribution in [-0.2, 0) is 6.54 Å². The third-order valence-electron chi connectivity index (χ3n) is 3.15. The summed E-state index contributed by atoms with van der Waals surface area (Å²) in [6.07, 6.45) is 1.70. The molecule has 3 rings (SSSR count). The van der Waals surface area contributed by atoms with Crippen LogP contribution in [0.4, 0.5) is 11.8 Å². The molecule has 8 nitrogen and oxygen atoms in total. The lowest BCUT2D eigenvalue weighted by molar-refractivity contribution is 0.392. The molecule has 8 heteroatoms. The number of nitrogens with one attached hydrogen (secondary N) is 3. The van der Waals surface area contributed by atoms with Crippen LogP contribution in [0.5, 0.6) is 0 Å². The highest BCUT2D eigenvalue weighted by atomic mass is 16.5. The van der Waals surface area contributed by atoms with E-state index in [-0.39, 0.29) is 0 Å². The number of rotatable bonds is 4. The Bertz CT molecular complexity index is 726. The molecule has 0 aliphatic rings.